The van der Waals surface area contributed by atoms with Crippen molar-refractivity contribution in [2.75, 3.05) is 0 Å². The van der Waals surface area contributed by atoms with Crippen molar-refractivity contribution < 1.29 is 29.6 Å². The number of rotatable bonds is 15. The third kappa shape index (κ3) is 5.89. The number of carboxylic acid groups (broad SMARTS) is 1. The topological polar surface area (TPSA) is 104 Å². The minimum atomic E-state index is -0.660. The van der Waals surface area contributed by atoms with Crippen molar-refractivity contribution in [1.29, 1.82) is 0 Å². The highest BCUT2D eigenvalue weighted by Gasteiger charge is 2.49. The van der Waals surface area contributed by atoms with Crippen LogP contribution in [-0.4, -0.2) is 33.4 Å². The van der Waals surface area contributed by atoms with Crippen LogP contribution in [0.3, 0.4) is 0 Å². The lowest BCUT2D eigenvalue weighted by molar-refractivity contribution is -0.143. The van der Waals surface area contributed by atoms with Crippen LogP contribution < -0.4 is 0 Å². The molecular formula is C24H34O6. The number of aliphatic carboxylic acids is 1. The summed E-state index contributed by atoms with van der Waals surface area (Å²) in [6.07, 6.45) is 12.3. The van der Waals surface area contributed by atoms with Crippen LogP contribution in [0.15, 0.2) is 12.1 Å². The Kier molecular flexibility index (Phi) is 7.27. The lowest BCUT2D eigenvalue weighted by Crippen LogP contribution is -2.14. The zero-order valence-electron chi connectivity index (χ0n) is 17.7. The molecule has 0 unspecified atom stereocenters. The van der Waals surface area contributed by atoms with Gasteiger partial charge in [0.1, 0.15) is 17.1 Å². The number of benzene rings is 1. The second-order valence-corrected chi connectivity index (χ2v) is 9.21. The molecule has 3 N–H and O–H groups in total. The van der Waals surface area contributed by atoms with Gasteiger partial charge in [0.2, 0.25) is 0 Å². The molecule has 0 aliphatic heterocycles. The van der Waals surface area contributed by atoms with Crippen LogP contribution in [0.2, 0.25) is 0 Å². The second-order valence-electron chi connectivity index (χ2n) is 9.21. The van der Waals surface area contributed by atoms with Crippen molar-refractivity contribution in [1.82, 2.24) is 0 Å². The molecule has 1 aromatic carbocycles. The van der Waals surface area contributed by atoms with E-state index < -0.39 is 11.4 Å². The highest BCUT2D eigenvalue weighted by atomic mass is 16.5. The molecule has 2 aliphatic carbocycles. The number of ether oxygens (including phenoxy) is 1. The number of carbonyl (C=O) groups excluding carboxylic acids is 1. The zero-order valence-corrected chi connectivity index (χ0v) is 17.7. The van der Waals surface area contributed by atoms with Crippen LogP contribution in [-0.2, 0) is 27.2 Å². The fraction of sp³-hybridized carbons (Fsp3) is 0.667. The molecule has 0 heterocycles. The summed E-state index contributed by atoms with van der Waals surface area (Å²) in [6.45, 7) is 0.555. The summed E-state index contributed by atoms with van der Waals surface area (Å²) in [5.41, 5.74) is 1.06. The predicted molar refractivity (Wildman–Crippen MR) is 113 cm³/mol. The third-order valence-electron chi connectivity index (χ3n) is 6.87. The molecule has 1 aromatic rings. The smallest absolute Gasteiger partial charge is 0.309 e. The Morgan fingerprint density at radius 3 is 1.90 bits per heavy atom. The largest absolute Gasteiger partial charge is 0.508 e. The Morgan fingerprint density at radius 2 is 1.43 bits per heavy atom. The van der Waals surface area contributed by atoms with Crippen molar-refractivity contribution in [2.24, 2.45) is 5.41 Å². The quantitative estimate of drug-likeness (QED) is 0.277. The van der Waals surface area contributed by atoms with Gasteiger partial charge in [-0.1, -0.05) is 19.3 Å². The Labute approximate surface area is 178 Å². The minimum absolute atomic E-state index is 0.127. The van der Waals surface area contributed by atoms with Gasteiger partial charge < -0.3 is 20.1 Å². The maximum Gasteiger partial charge on any atom is 0.309 e. The van der Waals surface area contributed by atoms with Crippen molar-refractivity contribution in [3.8, 4) is 11.5 Å². The number of phenolic OH excluding ortho intramolecular Hbond substituents is 2. The SMILES string of the molecule is O=COC1(CCCCCc2cc(CCCCCC3(C(=O)O)CC3)c(O)cc2O)CC1. The van der Waals surface area contributed by atoms with Crippen LogP contribution in [0.25, 0.3) is 0 Å². The van der Waals surface area contributed by atoms with Gasteiger partial charge in [0, 0.05) is 6.07 Å². The molecular weight excluding hydrogens is 384 g/mol. The average Bonchev–Trinajstić information content (AvgIpc) is 3.61. The zero-order chi connectivity index (χ0) is 21.6. The van der Waals surface area contributed by atoms with E-state index in [1.165, 1.54) is 6.07 Å². The van der Waals surface area contributed by atoms with Gasteiger partial charge in [-0.05, 0) is 87.8 Å². The van der Waals surface area contributed by atoms with Crippen molar-refractivity contribution in [3.63, 3.8) is 0 Å². The maximum absolute atomic E-state index is 11.2. The van der Waals surface area contributed by atoms with Crippen LogP contribution in [0.5, 0.6) is 11.5 Å². The molecule has 0 spiro atoms. The number of hydrogen-bond acceptors (Lipinski definition) is 5. The molecule has 3 rings (SSSR count). The monoisotopic (exact) mass is 418 g/mol. The Hall–Kier alpha value is -2.24. The number of hydrogen-bond donors (Lipinski definition) is 3. The molecule has 0 amide bonds. The summed E-state index contributed by atoms with van der Waals surface area (Å²) < 4.78 is 5.16. The summed E-state index contributed by atoms with van der Waals surface area (Å²) >= 11 is 0. The minimum Gasteiger partial charge on any atom is -0.508 e. The van der Waals surface area contributed by atoms with E-state index in [9.17, 15) is 24.9 Å². The maximum atomic E-state index is 11.2. The highest BCUT2D eigenvalue weighted by molar-refractivity contribution is 5.77. The van der Waals surface area contributed by atoms with Gasteiger partial charge in [-0.25, -0.2) is 0 Å². The van der Waals surface area contributed by atoms with Crippen LogP contribution >= 0.6 is 0 Å². The van der Waals surface area contributed by atoms with Gasteiger partial charge in [0.25, 0.3) is 6.47 Å². The molecule has 2 saturated carbocycles. The molecule has 2 fully saturated rings. The van der Waals surface area contributed by atoms with E-state index in [-0.39, 0.29) is 17.1 Å². The Bertz CT molecular complexity index is 748. The van der Waals surface area contributed by atoms with Crippen LogP contribution in [0.1, 0.15) is 88.2 Å². The molecule has 0 bridgehead atoms. The van der Waals surface area contributed by atoms with Crippen LogP contribution in [0.4, 0.5) is 0 Å². The van der Waals surface area contributed by atoms with Crippen molar-refractivity contribution >= 4 is 12.4 Å². The summed E-state index contributed by atoms with van der Waals surface area (Å²) in [5, 5.41) is 29.6. The van der Waals surface area contributed by atoms with E-state index in [2.05, 4.69) is 0 Å². The summed E-state index contributed by atoms with van der Waals surface area (Å²) in [4.78, 5) is 21.7. The lowest BCUT2D eigenvalue weighted by Gasteiger charge is -2.13. The summed E-state index contributed by atoms with van der Waals surface area (Å²) in [5.74, 6) is -0.398. The fourth-order valence-corrected chi connectivity index (χ4v) is 4.36. The van der Waals surface area contributed by atoms with E-state index in [1.807, 2.05) is 6.07 Å². The van der Waals surface area contributed by atoms with Crippen molar-refractivity contribution in [2.45, 2.75) is 95.5 Å². The Balaban J connectivity index is 1.37. The number of aryl methyl sites for hydroxylation is 2. The van der Waals surface area contributed by atoms with Gasteiger partial charge in [-0.15, -0.1) is 0 Å². The van der Waals surface area contributed by atoms with E-state index in [4.69, 9.17) is 4.74 Å². The fourth-order valence-electron chi connectivity index (χ4n) is 4.36. The standard InChI is InChI=1S/C24H34O6/c25-17-30-24(13-14-24)10-6-2-4-8-19-15-18(20(26)16-21(19)27)7-3-1-5-9-23(11-12-23)22(28)29/h15-17,26-27H,1-14H2,(H,28,29). The molecule has 6 heteroatoms. The summed E-state index contributed by atoms with van der Waals surface area (Å²) in [6, 6.07) is 3.34. The molecule has 166 valence electrons. The predicted octanol–water partition coefficient (Wildman–Crippen LogP) is 4.87. The third-order valence-corrected chi connectivity index (χ3v) is 6.87. The number of aromatic hydroxyl groups is 2. The van der Waals surface area contributed by atoms with E-state index in [0.29, 0.717) is 6.47 Å². The van der Waals surface area contributed by atoms with E-state index in [0.717, 1.165) is 101 Å². The molecule has 0 aromatic heterocycles. The molecule has 2 aliphatic rings. The van der Waals surface area contributed by atoms with Gasteiger partial charge >= 0.3 is 5.97 Å². The summed E-state index contributed by atoms with van der Waals surface area (Å²) in [7, 11) is 0. The second kappa shape index (κ2) is 9.71. The molecule has 0 radical (unpaired) electrons. The van der Waals surface area contributed by atoms with Crippen molar-refractivity contribution in [3.05, 3.63) is 23.3 Å². The van der Waals surface area contributed by atoms with Gasteiger partial charge in [0.05, 0.1) is 5.41 Å². The first-order valence-corrected chi connectivity index (χ1v) is 11.3. The Morgan fingerprint density at radius 1 is 0.867 bits per heavy atom. The van der Waals surface area contributed by atoms with Gasteiger partial charge in [-0.3, -0.25) is 9.59 Å². The lowest BCUT2D eigenvalue weighted by atomic mass is 9.96. The number of carbonyl (C=O) groups is 2. The van der Waals surface area contributed by atoms with E-state index >= 15 is 0 Å². The first-order chi connectivity index (χ1) is 14.4. The van der Waals surface area contributed by atoms with Gasteiger partial charge in [0.15, 0.2) is 0 Å². The number of unbranched alkanes of at least 4 members (excludes halogenated alkanes) is 4. The molecule has 0 atom stereocenters. The first kappa shape index (κ1) is 22.4. The van der Waals surface area contributed by atoms with E-state index in [1.54, 1.807) is 0 Å². The number of phenols is 2. The average molecular weight is 419 g/mol. The molecule has 30 heavy (non-hydrogen) atoms. The molecule has 6 nitrogen and oxygen atoms in total. The normalized spacial score (nSPS) is 18.0. The number of carboxylic acids is 1. The first-order valence-electron chi connectivity index (χ1n) is 11.3. The molecule has 0 saturated heterocycles. The van der Waals surface area contributed by atoms with Crippen LogP contribution in [0, 0.1) is 5.41 Å². The highest BCUT2D eigenvalue weighted by Crippen LogP contribution is 2.50. The van der Waals surface area contributed by atoms with Gasteiger partial charge in [-0.2, -0.15) is 0 Å².